The van der Waals surface area contributed by atoms with E-state index in [0.717, 1.165) is 24.3 Å². The number of nitrogens with two attached hydrogens (primary N) is 1. The molecule has 4 nitrogen and oxygen atoms in total. The maximum atomic E-state index is 13.4. The van der Waals surface area contributed by atoms with Gasteiger partial charge in [0.2, 0.25) is 0 Å². The van der Waals surface area contributed by atoms with Crippen molar-refractivity contribution < 1.29 is 17.2 Å². The molecule has 0 fully saturated rings. The summed E-state index contributed by atoms with van der Waals surface area (Å²) in [5.74, 6) is -1.33. The molecular weight excluding hydrogens is 322 g/mol. The maximum Gasteiger partial charge on any atom is 0.261 e. The van der Waals surface area contributed by atoms with Crippen molar-refractivity contribution in [2.75, 3.05) is 10.5 Å². The molecule has 0 bridgehead atoms. The molecule has 3 N–H and O–H groups in total. The van der Waals surface area contributed by atoms with Crippen molar-refractivity contribution in [1.82, 2.24) is 0 Å². The van der Waals surface area contributed by atoms with Crippen molar-refractivity contribution in [1.29, 1.82) is 0 Å². The highest BCUT2D eigenvalue weighted by Crippen LogP contribution is 2.25. The van der Waals surface area contributed by atoms with E-state index in [4.69, 9.17) is 17.3 Å². The molecule has 0 spiro atoms. The van der Waals surface area contributed by atoms with E-state index in [2.05, 4.69) is 4.72 Å². The lowest BCUT2D eigenvalue weighted by Gasteiger charge is -2.10. The van der Waals surface area contributed by atoms with Crippen LogP contribution in [0, 0.1) is 18.6 Å². The molecule has 0 aromatic heterocycles. The lowest BCUT2D eigenvalue weighted by molar-refractivity contribution is 0.599. The van der Waals surface area contributed by atoms with E-state index in [1.54, 1.807) is 0 Å². The molecule has 0 saturated carbocycles. The number of benzene rings is 2. The Morgan fingerprint density at radius 3 is 2.43 bits per heavy atom. The standard InChI is InChI=1S/C13H11ClF2N2O2S/c1-7-4-9(6-12(17)13(7)16)21(19,20)18-8-2-3-11(15)10(14)5-8/h2-6,18H,17H2,1H3. The van der Waals surface area contributed by atoms with Crippen molar-refractivity contribution in [3.8, 4) is 0 Å². The second kappa shape index (κ2) is 5.50. The molecule has 0 unspecified atom stereocenters. The van der Waals surface area contributed by atoms with Crippen LogP contribution < -0.4 is 10.5 Å². The van der Waals surface area contributed by atoms with Gasteiger partial charge in [-0.05, 0) is 42.8 Å². The van der Waals surface area contributed by atoms with Crippen LogP contribution in [0.25, 0.3) is 0 Å². The normalized spacial score (nSPS) is 11.4. The van der Waals surface area contributed by atoms with Crippen LogP contribution in [-0.2, 0) is 10.0 Å². The maximum absolute atomic E-state index is 13.4. The molecule has 8 heteroatoms. The zero-order valence-electron chi connectivity index (χ0n) is 10.8. The summed E-state index contributed by atoms with van der Waals surface area (Å²) in [6.45, 7) is 1.40. The van der Waals surface area contributed by atoms with Crippen molar-refractivity contribution in [3.05, 3.63) is 52.6 Å². The van der Waals surface area contributed by atoms with Gasteiger partial charge in [0.1, 0.15) is 11.6 Å². The molecular formula is C13H11ClF2N2O2S. The number of nitrogens with one attached hydrogen (secondary N) is 1. The van der Waals surface area contributed by atoms with E-state index in [1.165, 1.54) is 13.0 Å². The quantitative estimate of drug-likeness (QED) is 0.847. The van der Waals surface area contributed by atoms with Gasteiger partial charge in [-0.25, -0.2) is 17.2 Å². The molecule has 0 radical (unpaired) electrons. The van der Waals surface area contributed by atoms with Gasteiger partial charge >= 0.3 is 0 Å². The van der Waals surface area contributed by atoms with Crippen LogP contribution in [0.2, 0.25) is 5.02 Å². The fraction of sp³-hybridized carbons (Fsp3) is 0.0769. The Labute approximate surface area is 125 Å². The topological polar surface area (TPSA) is 72.2 Å². The highest BCUT2D eigenvalue weighted by molar-refractivity contribution is 7.92. The Balaban J connectivity index is 2.40. The minimum Gasteiger partial charge on any atom is -0.396 e. The predicted octanol–water partition coefficient (Wildman–Crippen LogP) is 3.31. The Bertz CT molecular complexity index is 787. The van der Waals surface area contributed by atoms with Crippen LogP contribution in [-0.4, -0.2) is 8.42 Å². The number of anilines is 2. The first kappa shape index (κ1) is 15.5. The smallest absolute Gasteiger partial charge is 0.261 e. The van der Waals surface area contributed by atoms with Crippen molar-refractivity contribution in [2.45, 2.75) is 11.8 Å². The second-order valence-corrected chi connectivity index (χ2v) is 6.47. The van der Waals surface area contributed by atoms with Crippen molar-refractivity contribution >= 4 is 33.0 Å². The van der Waals surface area contributed by atoms with Crippen LogP contribution in [0.4, 0.5) is 20.2 Å². The van der Waals surface area contributed by atoms with E-state index in [0.29, 0.717) is 0 Å². The molecule has 112 valence electrons. The average molecular weight is 333 g/mol. The molecule has 0 amide bonds. The largest absolute Gasteiger partial charge is 0.396 e. The summed E-state index contributed by atoms with van der Waals surface area (Å²) in [4.78, 5) is -0.195. The molecule has 0 aliphatic heterocycles. The van der Waals surface area contributed by atoms with E-state index in [1.807, 2.05) is 0 Å². The van der Waals surface area contributed by atoms with Gasteiger partial charge in [-0.3, -0.25) is 4.72 Å². The third kappa shape index (κ3) is 3.25. The van der Waals surface area contributed by atoms with E-state index in [-0.39, 0.29) is 26.9 Å². The summed E-state index contributed by atoms with van der Waals surface area (Å²) in [7, 11) is -3.98. The summed E-state index contributed by atoms with van der Waals surface area (Å²) >= 11 is 5.58. The number of aryl methyl sites for hydroxylation is 1. The number of hydrogen-bond acceptors (Lipinski definition) is 3. The molecule has 0 aliphatic carbocycles. The van der Waals surface area contributed by atoms with Crippen LogP contribution >= 0.6 is 11.6 Å². The summed E-state index contributed by atoms with van der Waals surface area (Å²) < 4.78 is 53.1. The number of halogens is 3. The molecule has 0 atom stereocenters. The van der Waals surface area contributed by atoms with Crippen molar-refractivity contribution in [2.24, 2.45) is 0 Å². The van der Waals surface area contributed by atoms with Gasteiger partial charge in [0, 0.05) is 0 Å². The van der Waals surface area contributed by atoms with E-state index >= 15 is 0 Å². The fourth-order valence-corrected chi connectivity index (χ4v) is 3.04. The molecule has 2 aromatic carbocycles. The number of hydrogen-bond donors (Lipinski definition) is 2. The highest BCUT2D eigenvalue weighted by Gasteiger charge is 2.18. The van der Waals surface area contributed by atoms with Crippen molar-refractivity contribution in [3.63, 3.8) is 0 Å². The van der Waals surface area contributed by atoms with E-state index < -0.39 is 21.7 Å². The van der Waals surface area contributed by atoms with Crippen LogP contribution in [0.3, 0.4) is 0 Å². The molecule has 0 saturated heterocycles. The molecule has 21 heavy (non-hydrogen) atoms. The first-order valence-corrected chi connectivity index (χ1v) is 7.60. The van der Waals surface area contributed by atoms with Gasteiger partial charge in [-0.2, -0.15) is 0 Å². The molecule has 0 heterocycles. The summed E-state index contributed by atoms with van der Waals surface area (Å²) in [5, 5.41) is -0.218. The number of rotatable bonds is 3. The highest BCUT2D eigenvalue weighted by atomic mass is 35.5. The minimum atomic E-state index is -3.98. The third-order valence-electron chi connectivity index (χ3n) is 2.74. The summed E-state index contributed by atoms with van der Waals surface area (Å²) in [5.41, 5.74) is 5.34. The summed E-state index contributed by atoms with van der Waals surface area (Å²) in [6, 6.07) is 5.55. The van der Waals surface area contributed by atoms with Gasteiger partial charge in [0.15, 0.2) is 0 Å². The third-order valence-corrected chi connectivity index (χ3v) is 4.39. The van der Waals surface area contributed by atoms with Gasteiger partial charge in [-0.15, -0.1) is 0 Å². The molecule has 2 aromatic rings. The van der Waals surface area contributed by atoms with E-state index in [9.17, 15) is 17.2 Å². The zero-order chi connectivity index (χ0) is 15.8. The van der Waals surface area contributed by atoms with Gasteiger partial charge in [-0.1, -0.05) is 11.6 Å². The molecule has 0 aliphatic rings. The lowest BCUT2D eigenvalue weighted by atomic mass is 10.2. The molecule has 2 rings (SSSR count). The predicted molar refractivity (Wildman–Crippen MR) is 77.8 cm³/mol. The van der Waals surface area contributed by atoms with Gasteiger partial charge in [0.25, 0.3) is 10.0 Å². The van der Waals surface area contributed by atoms with Crippen LogP contribution in [0.15, 0.2) is 35.2 Å². The summed E-state index contributed by atoms with van der Waals surface area (Å²) in [6.07, 6.45) is 0. The van der Waals surface area contributed by atoms with Crippen LogP contribution in [0.1, 0.15) is 5.56 Å². The van der Waals surface area contributed by atoms with Crippen LogP contribution in [0.5, 0.6) is 0 Å². The van der Waals surface area contributed by atoms with Gasteiger partial charge < -0.3 is 5.73 Å². The second-order valence-electron chi connectivity index (χ2n) is 4.38. The Morgan fingerprint density at radius 1 is 1.19 bits per heavy atom. The Hall–Kier alpha value is -1.86. The van der Waals surface area contributed by atoms with Gasteiger partial charge in [0.05, 0.1) is 21.3 Å². The first-order valence-electron chi connectivity index (χ1n) is 5.74. The number of nitrogen functional groups attached to an aromatic ring is 1. The minimum absolute atomic E-state index is 0.0851. The Kier molecular flexibility index (Phi) is 4.06. The monoisotopic (exact) mass is 332 g/mol. The fourth-order valence-electron chi connectivity index (χ4n) is 1.69. The Morgan fingerprint density at radius 2 is 1.86 bits per heavy atom. The number of sulfonamides is 1. The zero-order valence-corrected chi connectivity index (χ0v) is 12.4. The average Bonchev–Trinajstić information content (AvgIpc) is 2.39. The first-order chi connectivity index (χ1) is 9.70. The lowest BCUT2D eigenvalue weighted by Crippen LogP contribution is -2.14. The SMILES string of the molecule is Cc1cc(S(=O)(=O)Nc2ccc(F)c(Cl)c2)cc(N)c1F.